The Morgan fingerprint density at radius 3 is 2.32 bits per heavy atom. The van der Waals surface area contributed by atoms with Gasteiger partial charge in [-0.3, -0.25) is 0 Å². The molecule has 2 rings (SSSR count). The molecule has 1 heterocycles. The summed E-state index contributed by atoms with van der Waals surface area (Å²) in [4.78, 5) is 0. The van der Waals surface area contributed by atoms with E-state index in [1.54, 1.807) is 11.3 Å². The summed E-state index contributed by atoms with van der Waals surface area (Å²) in [6, 6.07) is 11.5. The topological polar surface area (TPSA) is 12.0 Å². The minimum atomic E-state index is 0.228. The van der Waals surface area contributed by atoms with Crippen molar-refractivity contribution in [2.45, 2.75) is 45.7 Å². The molecule has 1 aromatic heterocycles. The maximum absolute atomic E-state index is 3.57. The van der Waals surface area contributed by atoms with Crippen LogP contribution in [0.3, 0.4) is 0 Å². The minimum Gasteiger partial charge on any atom is -0.306 e. The quantitative estimate of drug-likeness (QED) is 0.835. The largest absolute Gasteiger partial charge is 0.306 e. The lowest BCUT2D eigenvalue weighted by atomic mass is 9.86. The highest BCUT2D eigenvalue weighted by Gasteiger charge is 2.13. The Balaban J connectivity index is 1.97. The number of hydrogen-bond donors (Lipinski definition) is 1. The van der Waals surface area contributed by atoms with Crippen molar-refractivity contribution in [2.24, 2.45) is 0 Å². The van der Waals surface area contributed by atoms with E-state index in [4.69, 9.17) is 0 Å². The third kappa shape index (κ3) is 3.92. The van der Waals surface area contributed by atoms with Crippen LogP contribution in [-0.4, -0.2) is 0 Å². The standard InChI is InChI=1S/C17H23NS/c1-13(18-11-14-9-10-19-12-14)15-5-7-16(8-6-15)17(2,3)4/h5-10,12-13,18H,11H2,1-4H3. The minimum absolute atomic E-state index is 0.228. The Morgan fingerprint density at radius 1 is 1.11 bits per heavy atom. The molecule has 0 radical (unpaired) electrons. The summed E-state index contributed by atoms with van der Waals surface area (Å²) in [5.41, 5.74) is 4.33. The van der Waals surface area contributed by atoms with Gasteiger partial charge in [0.2, 0.25) is 0 Å². The number of hydrogen-bond acceptors (Lipinski definition) is 2. The lowest BCUT2D eigenvalue weighted by molar-refractivity contribution is 0.570. The van der Waals surface area contributed by atoms with Gasteiger partial charge in [0, 0.05) is 12.6 Å². The van der Waals surface area contributed by atoms with Gasteiger partial charge in [-0.05, 0) is 45.9 Å². The van der Waals surface area contributed by atoms with Gasteiger partial charge < -0.3 is 5.32 Å². The van der Waals surface area contributed by atoms with Gasteiger partial charge in [0.1, 0.15) is 0 Å². The van der Waals surface area contributed by atoms with E-state index in [0.29, 0.717) is 6.04 Å². The molecule has 0 spiro atoms. The zero-order valence-electron chi connectivity index (χ0n) is 12.2. The second-order valence-corrected chi connectivity index (χ2v) is 6.89. The molecule has 0 saturated carbocycles. The highest BCUT2D eigenvalue weighted by molar-refractivity contribution is 7.07. The molecule has 0 amide bonds. The van der Waals surface area contributed by atoms with Crippen LogP contribution in [0.5, 0.6) is 0 Å². The van der Waals surface area contributed by atoms with E-state index in [1.807, 2.05) is 0 Å². The molecule has 102 valence electrons. The summed E-state index contributed by atoms with van der Waals surface area (Å²) in [7, 11) is 0. The summed E-state index contributed by atoms with van der Waals surface area (Å²) in [6.07, 6.45) is 0. The Labute approximate surface area is 120 Å². The second kappa shape index (κ2) is 5.89. The van der Waals surface area contributed by atoms with Crippen LogP contribution in [-0.2, 0) is 12.0 Å². The van der Waals surface area contributed by atoms with Crippen molar-refractivity contribution in [1.82, 2.24) is 5.32 Å². The van der Waals surface area contributed by atoms with E-state index in [2.05, 4.69) is 74.1 Å². The normalized spacial score (nSPS) is 13.5. The molecule has 2 heteroatoms. The van der Waals surface area contributed by atoms with Crippen molar-refractivity contribution >= 4 is 11.3 Å². The Morgan fingerprint density at radius 2 is 1.79 bits per heavy atom. The first kappa shape index (κ1) is 14.3. The first-order chi connectivity index (χ1) is 8.97. The molecule has 0 aliphatic rings. The Bertz CT molecular complexity index is 491. The Kier molecular flexibility index (Phi) is 4.43. The zero-order chi connectivity index (χ0) is 13.9. The van der Waals surface area contributed by atoms with Crippen molar-refractivity contribution in [1.29, 1.82) is 0 Å². The molecule has 0 bridgehead atoms. The van der Waals surface area contributed by atoms with Crippen LogP contribution in [0.1, 0.15) is 50.4 Å². The lowest BCUT2D eigenvalue weighted by Gasteiger charge is -2.20. The molecule has 0 saturated heterocycles. The summed E-state index contributed by atoms with van der Waals surface area (Å²) >= 11 is 1.75. The maximum atomic E-state index is 3.57. The molecule has 1 N–H and O–H groups in total. The van der Waals surface area contributed by atoms with E-state index >= 15 is 0 Å². The third-order valence-corrected chi connectivity index (χ3v) is 4.20. The molecular weight excluding hydrogens is 250 g/mol. The number of benzene rings is 1. The highest BCUT2D eigenvalue weighted by atomic mass is 32.1. The lowest BCUT2D eigenvalue weighted by Crippen LogP contribution is -2.18. The fourth-order valence-electron chi connectivity index (χ4n) is 2.05. The SMILES string of the molecule is CC(NCc1ccsc1)c1ccc(C(C)(C)C)cc1. The first-order valence-corrected chi connectivity index (χ1v) is 7.76. The van der Waals surface area contributed by atoms with Crippen molar-refractivity contribution < 1.29 is 0 Å². The molecule has 1 nitrogen and oxygen atoms in total. The molecule has 2 aromatic rings. The van der Waals surface area contributed by atoms with E-state index in [9.17, 15) is 0 Å². The fraction of sp³-hybridized carbons (Fsp3) is 0.412. The van der Waals surface area contributed by atoms with Gasteiger partial charge in [-0.1, -0.05) is 45.0 Å². The van der Waals surface area contributed by atoms with Crippen LogP contribution in [0.4, 0.5) is 0 Å². The van der Waals surface area contributed by atoms with Gasteiger partial charge in [-0.15, -0.1) is 0 Å². The molecule has 0 fully saturated rings. The number of nitrogens with one attached hydrogen (secondary N) is 1. The van der Waals surface area contributed by atoms with Gasteiger partial charge in [-0.2, -0.15) is 11.3 Å². The zero-order valence-corrected chi connectivity index (χ0v) is 13.1. The summed E-state index contributed by atoms with van der Waals surface area (Å²) in [5.74, 6) is 0. The Hall–Kier alpha value is -1.12. The summed E-state index contributed by atoms with van der Waals surface area (Å²) in [6.45, 7) is 9.91. The third-order valence-electron chi connectivity index (χ3n) is 3.47. The summed E-state index contributed by atoms with van der Waals surface area (Å²) in [5, 5.41) is 7.89. The van der Waals surface area contributed by atoms with Crippen LogP contribution in [0.15, 0.2) is 41.1 Å². The van der Waals surface area contributed by atoms with Gasteiger partial charge in [0.25, 0.3) is 0 Å². The van der Waals surface area contributed by atoms with Crippen molar-refractivity contribution in [2.75, 3.05) is 0 Å². The predicted octanol–water partition coefficient (Wildman–Crippen LogP) is 4.90. The molecule has 0 aliphatic carbocycles. The molecule has 1 aromatic carbocycles. The fourth-order valence-corrected chi connectivity index (χ4v) is 2.72. The van der Waals surface area contributed by atoms with Gasteiger partial charge in [-0.25, -0.2) is 0 Å². The van der Waals surface area contributed by atoms with E-state index < -0.39 is 0 Å². The first-order valence-electron chi connectivity index (χ1n) is 6.82. The highest BCUT2D eigenvalue weighted by Crippen LogP contribution is 2.24. The van der Waals surface area contributed by atoms with Crippen molar-refractivity contribution in [3.05, 3.63) is 57.8 Å². The molecule has 1 atom stereocenters. The van der Waals surface area contributed by atoms with Crippen LogP contribution < -0.4 is 5.32 Å². The van der Waals surface area contributed by atoms with E-state index in [0.717, 1.165) is 6.54 Å². The van der Waals surface area contributed by atoms with Crippen molar-refractivity contribution in [3.63, 3.8) is 0 Å². The summed E-state index contributed by atoms with van der Waals surface area (Å²) < 4.78 is 0. The number of rotatable bonds is 4. The van der Waals surface area contributed by atoms with E-state index in [-0.39, 0.29) is 5.41 Å². The second-order valence-electron chi connectivity index (χ2n) is 6.11. The van der Waals surface area contributed by atoms with Crippen LogP contribution in [0.2, 0.25) is 0 Å². The maximum Gasteiger partial charge on any atom is 0.0294 e. The molecule has 0 aliphatic heterocycles. The van der Waals surface area contributed by atoms with Gasteiger partial charge in [0.05, 0.1) is 0 Å². The molecule has 19 heavy (non-hydrogen) atoms. The smallest absolute Gasteiger partial charge is 0.0294 e. The van der Waals surface area contributed by atoms with Crippen LogP contribution in [0, 0.1) is 0 Å². The van der Waals surface area contributed by atoms with Crippen LogP contribution >= 0.6 is 11.3 Å². The van der Waals surface area contributed by atoms with Gasteiger partial charge >= 0.3 is 0 Å². The molecular formula is C17H23NS. The van der Waals surface area contributed by atoms with E-state index in [1.165, 1.54) is 16.7 Å². The average molecular weight is 273 g/mol. The van der Waals surface area contributed by atoms with Gasteiger partial charge in [0.15, 0.2) is 0 Å². The molecule has 1 unspecified atom stereocenters. The number of thiophene rings is 1. The van der Waals surface area contributed by atoms with Crippen molar-refractivity contribution in [3.8, 4) is 0 Å². The predicted molar refractivity (Wildman–Crippen MR) is 84.7 cm³/mol. The monoisotopic (exact) mass is 273 g/mol. The average Bonchev–Trinajstić information content (AvgIpc) is 2.88. The van der Waals surface area contributed by atoms with Crippen LogP contribution in [0.25, 0.3) is 0 Å².